The molecule has 0 unspecified atom stereocenters. The third-order valence-corrected chi connectivity index (χ3v) is 3.81. The lowest BCUT2D eigenvalue weighted by Crippen LogP contribution is -2.36. The number of carbonyl (C=O) groups excluding carboxylic acids is 1. The molecular weight excluding hydrogens is 282 g/mol. The number of nitrogens with zero attached hydrogens (tertiary/aromatic N) is 1. The molecule has 0 spiro atoms. The zero-order valence-electron chi connectivity index (χ0n) is 13.0. The first-order valence-electron chi connectivity index (χ1n) is 7.30. The van der Waals surface area contributed by atoms with E-state index in [1.54, 1.807) is 12.1 Å². The van der Waals surface area contributed by atoms with Gasteiger partial charge in [0.1, 0.15) is 5.75 Å². The third kappa shape index (κ3) is 3.67. The van der Waals surface area contributed by atoms with Crippen LogP contribution < -0.4 is 4.74 Å². The highest BCUT2D eigenvalue weighted by Crippen LogP contribution is 2.26. The molecule has 0 saturated carbocycles. The van der Waals surface area contributed by atoms with Crippen LogP contribution in [0.25, 0.3) is 0 Å². The fourth-order valence-electron chi connectivity index (χ4n) is 2.64. The summed E-state index contributed by atoms with van der Waals surface area (Å²) in [7, 11) is 0. The molecule has 2 rings (SSSR count). The van der Waals surface area contributed by atoms with E-state index >= 15 is 0 Å². The average molecular weight is 303 g/mol. The minimum atomic E-state index is -1.02. The van der Waals surface area contributed by atoms with Gasteiger partial charge < -0.3 is 14.7 Å². The Morgan fingerprint density at radius 3 is 2.27 bits per heavy atom. The van der Waals surface area contributed by atoms with Crippen molar-refractivity contribution in [2.45, 2.75) is 26.7 Å². The summed E-state index contributed by atoms with van der Waals surface area (Å²) in [5.41, 5.74) is 3.34. The van der Waals surface area contributed by atoms with E-state index in [0.717, 1.165) is 24.0 Å². The molecule has 5 heteroatoms. The van der Waals surface area contributed by atoms with Crippen molar-refractivity contribution < 1.29 is 19.4 Å². The van der Waals surface area contributed by atoms with Crippen LogP contribution in [0.3, 0.4) is 0 Å². The van der Waals surface area contributed by atoms with Crippen molar-refractivity contribution in [1.82, 2.24) is 4.90 Å². The number of carbonyl (C=O) groups is 2. The summed E-state index contributed by atoms with van der Waals surface area (Å²) >= 11 is 0. The number of rotatable bonds is 4. The molecule has 0 aliphatic carbocycles. The first kappa shape index (κ1) is 16.1. The molecule has 118 valence electrons. The molecular formula is C17H21NO4. The average Bonchev–Trinajstić information content (AvgIpc) is 2.46. The second kappa shape index (κ2) is 6.64. The Morgan fingerprint density at radius 1 is 1.23 bits per heavy atom. The van der Waals surface area contributed by atoms with Crippen molar-refractivity contribution in [2.24, 2.45) is 0 Å². The lowest BCUT2D eigenvalue weighted by molar-refractivity contribution is -0.139. The van der Waals surface area contributed by atoms with Crippen LogP contribution in [0.4, 0.5) is 0 Å². The first-order chi connectivity index (χ1) is 10.4. The molecule has 5 nitrogen and oxygen atoms in total. The van der Waals surface area contributed by atoms with E-state index in [0.29, 0.717) is 24.4 Å². The normalized spacial score (nSPS) is 14.8. The minimum absolute atomic E-state index is 0.00323. The molecule has 0 aromatic heterocycles. The first-order valence-corrected chi connectivity index (χ1v) is 7.30. The molecule has 1 amide bonds. The zero-order valence-corrected chi connectivity index (χ0v) is 13.0. The SMILES string of the molecule is C=C1CCN(C(=O)c2cc(C)c(OCC(=O)O)c(C)c2)CC1. The highest BCUT2D eigenvalue weighted by molar-refractivity contribution is 5.95. The topological polar surface area (TPSA) is 66.8 Å². The Morgan fingerprint density at radius 2 is 1.77 bits per heavy atom. The van der Waals surface area contributed by atoms with Gasteiger partial charge in [-0.05, 0) is 49.9 Å². The highest BCUT2D eigenvalue weighted by atomic mass is 16.5. The number of amides is 1. The van der Waals surface area contributed by atoms with E-state index in [9.17, 15) is 9.59 Å². The van der Waals surface area contributed by atoms with Crippen LogP contribution in [0.15, 0.2) is 24.3 Å². The van der Waals surface area contributed by atoms with Gasteiger partial charge in [0.15, 0.2) is 6.61 Å². The van der Waals surface area contributed by atoms with Gasteiger partial charge in [-0.2, -0.15) is 0 Å². The molecule has 1 aromatic carbocycles. The molecule has 1 aromatic rings. The number of piperidine rings is 1. The van der Waals surface area contributed by atoms with E-state index in [-0.39, 0.29) is 12.5 Å². The van der Waals surface area contributed by atoms with E-state index in [4.69, 9.17) is 9.84 Å². The van der Waals surface area contributed by atoms with Gasteiger partial charge in [-0.15, -0.1) is 0 Å². The second-order valence-corrected chi connectivity index (χ2v) is 5.66. The van der Waals surface area contributed by atoms with E-state index in [1.807, 2.05) is 18.7 Å². The van der Waals surface area contributed by atoms with Crippen LogP contribution in [0.5, 0.6) is 5.75 Å². The Balaban J connectivity index is 2.17. The van der Waals surface area contributed by atoms with E-state index in [1.165, 1.54) is 5.57 Å². The highest BCUT2D eigenvalue weighted by Gasteiger charge is 2.21. The third-order valence-electron chi connectivity index (χ3n) is 3.81. The Kier molecular flexibility index (Phi) is 4.85. The van der Waals surface area contributed by atoms with Gasteiger partial charge in [0.25, 0.3) is 5.91 Å². The van der Waals surface area contributed by atoms with Gasteiger partial charge in [0.05, 0.1) is 0 Å². The smallest absolute Gasteiger partial charge is 0.341 e. The van der Waals surface area contributed by atoms with Gasteiger partial charge in [0.2, 0.25) is 0 Å². The van der Waals surface area contributed by atoms with Gasteiger partial charge in [0, 0.05) is 18.7 Å². The number of ether oxygens (including phenoxy) is 1. The number of hydrogen-bond donors (Lipinski definition) is 1. The molecule has 1 N–H and O–H groups in total. The number of hydrogen-bond acceptors (Lipinski definition) is 3. The lowest BCUT2D eigenvalue weighted by atomic mass is 10.0. The maximum absolute atomic E-state index is 12.5. The van der Waals surface area contributed by atoms with Gasteiger partial charge in [-0.3, -0.25) is 4.79 Å². The van der Waals surface area contributed by atoms with Crippen LogP contribution in [0, 0.1) is 13.8 Å². The summed E-state index contributed by atoms with van der Waals surface area (Å²) in [4.78, 5) is 25.0. The van der Waals surface area contributed by atoms with Crippen molar-refractivity contribution in [1.29, 1.82) is 0 Å². The number of carboxylic acids is 1. The van der Waals surface area contributed by atoms with Crippen LogP contribution in [-0.4, -0.2) is 41.6 Å². The predicted octanol–water partition coefficient (Wildman–Crippen LogP) is 2.56. The fraction of sp³-hybridized carbons (Fsp3) is 0.412. The fourth-order valence-corrected chi connectivity index (χ4v) is 2.64. The molecule has 1 saturated heterocycles. The molecule has 1 fully saturated rings. The van der Waals surface area contributed by atoms with Crippen molar-refractivity contribution in [2.75, 3.05) is 19.7 Å². The summed E-state index contributed by atoms with van der Waals surface area (Å²) in [6.45, 7) is 8.61. The van der Waals surface area contributed by atoms with Crippen molar-refractivity contribution in [3.63, 3.8) is 0 Å². The van der Waals surface area contributed by atoms with Gasteiger partial charge in [-0.25, -0.2) is 4.79 Å². The van der Waals surface area contributed by atoms with Crippen LogP contribution >= 0.6 is 0 Å². The van der Waals surface area contributed by atoms with Crippen LogP contribution in [0.1, 0.15) is 34.3 Å². The number of benzene rings is 1. The van der Waals surface area contributed by atoms with Gasteiger partial charge >= 0.3 is 5.97 Å². The molecule has 1 heterocycles. The number of likely N-dealkylation sites (tertiary alicyclic amines) is 1. The van der Waals surface area contributed by atoms with E-state index in [2.05, 4.69) is 6.58 Å². The largest absolute Gasteiger partial charge is 0.481 e. The maximum atomic E-state index is 12.5. The Bertz CT molecular complexity index is 588. The lowest BCUT2D eigenvalue weighted by Gasteiger charge is -2.28. The molecule has 0 bridgehead atoms. The number of aryl methyl sites for hydroxylation is 2. The monoisotopic (exact) mass is 303 g/mol. The predicted molar refractivity (Wildman–Crippen MR) is 83.3 cm³/mol. The molecule has 0 atom stereocenters. The molecule has 1 aliphatic rings. The summed E-state index contributed by atoms with van der Waals surface area (Å²) in [5, 5.41) is 8.70. The Labute approximate surface area is 130 Å². The number of carboxylic acid groups (broad SMARTS) is 1. The number of aliphatic carboxylic acids is 1. The summed E-state index contributed by atoms with van der Waals surface area (Å²) in [6.07, 6.45) is 1.70. The molecule has 0 radical (unpaired) electrons. The zero-order chi connectivity index (χ0) is 16.3. The van der Waals surface area contributed by atoms with Crippen molar-refractivity contribution in [3.05, 3.63) is 41.0 Å². The second-order valence-electron chi connectivity index (χ2n) is 5.66. The van der Waals surface area contributed by atoms with Crippen molar-refractivity contribution >= 4 is 11.9 Å². The molecule has 22 heavy (non-hydrogen) atoms. The van der Waals surface area contributed by atoms with Crippen molar-refractivity contribution in [3.8, 4) is 5.75 Å². The summed E-state index contributed by atoms with van der Waals surface area (Å²) in [5.74, 6) is -0.484. The standard InChI is InChI=1S/C17H21NO4/c1-11-4-6-18(7-5-11)17(21)14-8-12(2)16(13(3)9-14)22-10-15(19)20/h8-9H,1,4-7,10H2,2-3H3,(H,19,20). The molecule has 1 aliphatic heterocycles. The van der Waals surface area contributed by atoms with Gasteiger partial charge in [-0.1, -0.05) is 12.2 Å². The summed E-state index contributed by atoms with van der Waals surface area (Å²) < 4.78 is 5.29. The summed E-state index contributed by atoms with van der Waals surface area (Å²) in [6, 6.07) is 3.52. The van der Waals surface area contributed by atoms with Crippen LogP contribution in [0.2, 0.25) is 0 Å². The Hall–Kier alpha value is -2.30. The minimum Gasteiger partial charge on any atom is -0.481 e. The van der Waals surface area contributed by atoms with E-state index < -0.39 is 5.97 Å². The quantitative estimate of drug-likeness (QED) is 0.868. The van der Waals surface area contributed by atoms with Crippen LogP contribution in [-0.2, 0) is 4.79 Å². The maximum Gasteiger partial charge on any atom is 0.341 e.